The quantitative estimate of drug-likeness (QED) is 0.434. The lowest BCUT2D eigenvalue weighted by Gasteiger charge is -2.26. The number of nitrogens with zero attached hydrogens (tertiary/aromatic N) is 3. The molecule has 0 saturated heterocycles. The molecule has 32 heavy (non-hydrogen) atoms. The molecule has 0 bridgehead atoms. The lowest BCUT2D eigenvalue weighted by atomic mass is 10.00. The number of aromatic nitrogens is 4. The highest BCUT2D eigenvalue weighted by molar-refractivity contribution is 5.95. The fourth-order valence-corrected chi connectivity index (χ4v) is 3.70. The minimum absolute atomic E-state index is 0.0658. The van der Waals surface area contributed by atoms with Crippen LogP contribution in [0.4, 0.5) is 5.69 Å². The van der Waals surface area contributed by atoms with E-state index in [4.69, 9.17) is 4.74 Å². The zero-order valence-corrected chi connectivity index (χ0v) is 17.3. The molecule has 1 amide bonds. The van der Waals surface area contributed by atoms with Gasteiger partial charge in [0, 0.05) is 41.2 Å². The van der Waals surface area contributed by atoms with Gasteiger partial charge in [-0.25, -0.2) is 4.98 Å². The number of anilines is 1. The van der Waals surface area contributed by atoms with Crippen LogP contribution in [0.3, 0.4) is 0 Å². The predicted octanol–water partition coefficient (Wildman–Crippen LogP) is 3.73. The number of amides is 1. The number of ether oxygens (including phenoxy) is 1. The highest BCUT2D eigenvalue weighted by Gasteiger charge is 2.23. The maximum atomic E-state index is 12.9. The van der Waals surface area contributed by atoms with Crippen molar-refractivity contribution < 1.29 is 9.53 Å². The average Bonchev–Trinajstić information content (AvgIpc) is 3.33. The Hall–Kier alpha value is -4.20. The van der Waals surface area contributed by atoms with Crippen molar-refractivity contribution in [3.63, 3.8) is 0 Å². The van der Waals surface area contributed by atoms with Gasteiger partial charge < -0.3 is 15.4 Å². The first-order valence-corrected chi connectivity index (χ1v) is 10.4. The maximum absolute atomic E-state index is 12.9. The Labute approximate surface area is 185 Å². The van der Waals surface area contributed by atoms with Gasteiger partial charge in [0.15, 0.2) is 11.6 Å². The fourth-order valence-electron chi connectivity index (χ4n) is 3.70. The summed E-state index contributed by atoms with van der Waals surface area (Å²) >= 11 is 0. The molecule has 0 fully saturated rings. The van der Waals surface area contributed by atoms with Gasteiger partial charge in [-0.3, -0.25) is 14.9 Å². The number of aromatic amines is 1. The Balaban J connectivity index is 1.23. The summed E-state index contributed by atoms with van der Waals surface area (Å²) in [5.41, 5.74) is 3.34. The van der Waals surface area contributed by atoms with E-state index in [1.54, 1.807) is 18.5 Å². The highest BCUT2D eigenvalue weighted by Crippen LogP contribution is 2.31. The van der Waals surface area contributed by atoms with Crippen molar-refractivity contribution in [1.82, 2.24) is 25.5 Å². The minimum atomic E-state index is -0.117. The molecule has 8 heteroatoms. The monoisotopic (exact) mass is 426 g/mol. The van der Waals surface area contributed by atoms with E-state index in [1.807, 2.05) is 54.6 Å². The summed E-state index contributed by atoms with van der Waals surface area (Å²) < 4.78 is 5.69. The van der Waals surface area contributed by atoms with Crippen LogP contribution in [0.15, 0.2) is 73.1 Å². The Morgan fingerprint density at radius 2 is 1.97 bits per heavy atom. The zero-order chi connectivity index (χ0) is 21.8. The van der Waals surface area contributed by atoms with Crippen molar-refractivity contribution in [2.24, 2.45) is 0 Å². The van der Waals surface area contributed by atoms with Crippen molar-refractivity contribution in [3.8, 4) is 17.1 Å². The average molecular weight is 426 g/mol. The number of pyridine rings is 1. The van der Waals surface area contributed by atoms with Crippen molar-refractivity contribution in [3.05, 3.63) is 90.0 Å². The van der Waals surface area contributed by atoms with E-state index >= 15 is 0 Å². The molecule has 160 valence electrons. The molecule has 4 aromatic rings. The number of nitrogens with one attached hydrogen (secondary N) is 3. The van der Waals surface area contributed by atoms with Crippen LogP contribution in [0.25, 0.3) is 11.4 Å². The van der Waals surface area contributed by atoms with E-state index in [0.29, 0.717) is 30.4 Å². The fraction of sp³-hybridized carbons (Fsp3) is 0.167. The standard InChI is InChI=1S/C24H22N6O2/c31-24(27-20-10-13-32-21-7-2-1-6-19(20)21)17-4-3-5-18(14-17)26-15-22-28-23(30-29-22)16-8-11-25-12-9-16/h1-9,11-12,14,20,26H,10,13,15H2,(H,27,31)(H,28,29,30)/t20-/m0/s1. The van der Waals surface area contributed by atoms with Gasteiger partial charge in [0.1, 0.15) is 5.75 Å². The number of H-pyrrole nitrogens is 1. The molecule has 0 radical (unpaired) electrons. The Morgan fingerprint density at radius 1 is 1.09 bits per heavy atom. The maximum Gasteiger partial charge on any atom is 0.251 e. The summed E-state index contributed by atoms with van der Waals surface area (Å²) in [6.45, 7) is 1.02. The van der Waals surface area contributed by atoms with E-state index in [0.717, 1.165) is 29.0 Å². The first-order valence-electron chi connectivity index (χ1n) is 10.4. The van der Waals surface area contributed by atoms with E-state index in [9.17, 15) is 4.79 Å². The first kappa shape index (κ1) is 19.7. The number of hydrogen-bond donors (Lipinski definition) is 3. The van der Waals surface area contributed by atoms with E-state index in [2.05, 4.69) is 30.8 Å². The second-order valence-electron chi connectivity index (χ2n) is 7.47. The Bertz CT molecular complexity index is 1220. The molecule has 5 rings (SSSR count). The Kier molecular flexibility index (Phi) is 5.48. The third-order valence-corrected chi connectivity index (χ3v) is 5.32. The summed E-state index contributed by atoms with van der Waals surface area (Å²) in [5, 5.41) is 13.6. The molecule has 0 saturated carbocycles. The molecule has 0 aliphatic carbocycles. The Morgan fingerprint density at radius 3 is 2.88 bits per heavy atom. The van der Waals surface area contributed by atoms with E-state index in [1.165, 1.54) is 0 Å². The van der Waals surface area contributed by atoms with Crippen molar-refractivity contribution in [2.45, 2.75) is 19.0 Å². The summed E-state index contributed by atoms with van der Waals surface area (Å²) in [4.78, 5) is 21.4. The molecular weight excluding hydrogens is 404 g/mol. The topological polar surface area (TPSA) is 105 Å². The van der Waals surface area contributed by atoms with Crippen molar-refractivity contribution in [1.29, 1.82) is 0 Å². The van der Waals surface area contributed by atoms with Gasteiger partial charge in [-0.2, -0.15) is 5.10 Å². The SMILES string of the molecule is O=C(N[C@H]1CCOc2ccccc21)c1cccc(NCc2n[nH]c(-c3ccncc3)n2)c1. The molecule has 2 aromatic carbocycles. The van der Waals surface area contributed by atoms with Gasteiger partial charge in [-0.05, 0) is 36.4 Å². The predicted molar refractivity (Wildman–Crippen MR) is 120 cm³/mol. The lowest BCUT2D eigenvalue weighted by Crippen LogP contribution is -2.32. The molecule has 3 heterocycles. The van der Waals surface area contributed by atoms with E-state index < -0.39 is 0 Å². The van der Waals surface area contributed by atoms with Gasteiger partial charge in [0.2, 0.25) is 0 Å². The van der Waals surface area contributed by atoms with Crippen LogP contribution in [0.1, 0.15) is 34.2 Å². The number of para-hydroxylation sites is 1. The summed E-state index contributed by atoms with van der Waals surface area (Å²) in [6.07, 6.45) is 4.17. The number of benzene rings is 2. The largest absolute Gasteiger partial charge is 0.493 e. The number of hydrogen-bond acceptors (Lipinski definition) is 6. The number of carbonyl (C=O) groups excluding carboxylic acids is 1. The van der Waals surface area contributed by atoms with Gasteiger partial charge in [0.05, 0.1) is 19.2 Å². The summed E-state index contributed by atoms with van der Waals surface area (Å²) in [6, 6.07) is 18.9. The second-order valence-corrected chi connectivity index (χ2v) is 7.47. The molecule has 3 N–H and O–H groups in total. The van der Waals surface area contributed by atoms with Crippen LogP contribution in [-0.4, -0.2) is 32.7 Å². The molecule has 1 aliphatic heterocycles. The highest BCUT2D eigenvalue weighted by atomic mass is 16.5. The number of fused-ring (bicyclic) bond motifs is 1. The zero-order valence-electron chi connectivity index (χ0n) is 17.3. The minimum Gasteiger partial charge on any atom is -0.493 e. The molecule has 1 atom stereocenters. The third-order valence-electron chi connectivity index (χ3n) is 5.32. The summed E-state index contributed by atoms with van der Waals surface area (Å²) in [5.74, 6) is 2.03. The van der Waals surface area contributed by atoms with Crippen LogP contribution in [0, 0.1) is 0 Å². The van der Waals surface area contributed by atoms with Gasteiger partial charge in [-0.15, -0.1) is 0 Å². The lowest BCUT2D eigenvalue weighted by molar-refractivity contribution is 0.0925. The van der Waals surface area contributed by atoms with E-state index in [-0.39, 0.29) is 11.9 Å². The van der Waals surface area contributed by atoms with Crippen LogP contribution in [0.5, 0.6) is 5.75 Å². The van der Waals surface area contributed by atoms with Crippen LogP contribution in [-0.2, 0) is 6.54 Å². The third kappa shape index (κ3) is 4.29. The number of rotatable bonds is 6. The van der Waals surface area contributed by atoms with Crippen molar-refractivity contribution in [2.75, 3.05) is 11.9 Å². The van der Waals surface area contributed by atoms with Crippen LogP contribution >= 0.6 is 0 Å². The molecule has 0 spiro atoms. The molecular formula is C24H22N6O2. The molecule has 0 unspecified atom stereocenters. The smallest absolute Gasteiger partial charge is 0.251 e. The normalized spacial score (nSPS) is 14.8. The van der Waals surface area contributed by atoms with Crippen LogP contribution in [0.2, 0.25) is 0 Å². The van der Waals surface area contributed by atoms with Gasteiger partial charge in [-0.1, -0.05) is 24.3 Å². The van der Waals surface area contributed by atoms with Gasteiger partial charge >= 0.3 is 0 Å². The molecule has 8 nitrogen and oxygen atoms in total. The van der Waals surface area contributed by atoms with Crippen molar-refractivity contribution >= 4 is 11.6 Å². The number of carbonyl (C=O) groups is 1. The molecule has 2 aromatic heterocycles. The molecule has 1 aliphatic rings. The second kappa shape index (κ2) is 8.89. The first-order chi connectivity index (χ1) is 15.8. The van der Waals surface area contributed by atoms with Crippen LogP contribution < -0.4 is 15.4 Å². The van der Waals surface area contributed by atoms with Gasteiger partial charge in [0.25, 0.3) is 5.91 Å². The summed E-state index contributed by atoms with van der Waals surface area (Å²) in [7, 11) is 0.